The number of hydrogen-bond acceptors (Lipinski definition) is 5. The van der Waals surface area contributed by atoms with E-state index >= 15 is 0 Å². The molecular formula is C22H28N4OS. The van der Waals surface area contributed by atoms with Crippen LogP contribution in [0.5, 0.6) is 0 Å². The van der Waals surface area contributed by atoms with Gasteiger partial charge < -0.3 is 10.2 Å². The maximum absolute atomic E-state index is 12.8. The molecule has 0 bridgehead atoms. The van der Waals surface area contributed by atoms with E-state index in [9.17, 15) is 4.79 Å². The molecule has 1 aromatic heterocycles. The van der Waals surface area contributed by atoms with Gasteiger partial charge in [0.1, 0.15) is 5.03 Å². The topological polar surface area (TPSA) is 58.1 Å². The molecule has 0 unspecified atom stereocenters. The molecule has 2 fully saturated rings. The number of rotatable bonds is 5. The minimum atomic E-state index is 0.0345. The molecule has 1 aliphatic heterocycles. The number of nitrogens with one attached hydrogen (secondary N) is 1. The average molecular weight is 397 g/mol. The van der Waals surface area contributed by atoms with Crippen molar-refractivity contribution < 1.29 is 4.79 Å². The number of hydrogen-bond donors (Lipinski definition) is 1. The summed E-state index contributed by atoms with van der Waals surface area (Å²) in [5.41, 5.74) is 0. The van der Waals surface area contributed by atoms with Crippen LogP contribution in [0.3, 0.4) is 0 Å². The summed E-state index contributed by atoms with van der Waals surface area (Å²) in [6.45, 7) is 1.65. The van der Waals surface area contributed by atoms with E-state index in [1.807, 2.05) is 18.2 Å². The average Bonchev–Trinajstić information content (AvgIpc) is 2.76. The number of piperidine rings is 1. The largest absolute Gasteiger partial charge is 0.354 e. The first-order valence-electron chi connectivity index (χ1n) is 10.4. The number of aromatic nitrogens is 2. The lowest BCUT2D eigenvalue weighted by molar-refractivity contribution is -0.126. The molecule has 1 saturated carbocycles. The van der Waals surface area contributed by atoms with E-state index in [1.54, 1.807) is 24.2 Å². The molecule has 1 aliphatic carbocycles. The fourth-order valence-electron chi connectivity index (χ4n) is 4.16. The molecule has 28 heavy (non-hydrogen) atoms. The highest BCUT2D eigenvalue weighted by atomic mass is 32.2. The molecule has 5 nitrogen and oxygen atoms in total. The second-order valence-electron chi connectivity index (χ2n) is 7.73. The van der Waals surface area contributed by atoms with Gasteiger partial charge in [0.2, 0.25) is 5.91 Å². The van der Waals surface area contributed by atoms with Gasteiger partial charge in [-0.25, -0.2) is 9.97 Å². The quantitative estimate of drug-likeness (QED) is 0.817. The van der Waals surface area contributed by atoms with Crippen molar-refractivity contribution in [3.8, 4) is 0 Å². The van der Waals surface area contributed by atoms with E-state index < -0.39 is 0 Å². The molecule has 4 rings (SSSR count). The van der Waals surface area contributed by atoms with E-state index in [-0.39, 0.29) is 11.8 Å². The second-order valence-corrected chi connectivity index (χ2v) is 8.79. The number of nitrogens with zero attached hydrogens (tertiary/aromatic N) is 3. The Labute approximate surface area is 171 Å². The Morgan fingerprint density at radius 1 is 1.00 bits per heavy atom. The SMILES string of the molecule is O=C(NC1CCCCC1)[C@@H]1CCCN(c2nccnc2Sc2ccccc2)C1. The zero-order valence-corrected chi connectivity index (χ0v) is 17.0. The van der Waals surface area contributed by atoms with Crippen LogP contribution in [0.15, 0.2) is 52.6 Å². The summed E-state index contributed by atoms with van der Waals surface area (Å²) < 4.78 is 0. The van der Waals surface area contributed by atoms with Gasteiger partial charge >= 0.3 is 0 Å². The number of benzene rings is 1. The molecule has 1 atom stereocenters. The first-order chi connectivity index (χ1) is 13.8. The third-order valence-electron chi connectivity index (χ3n) is 5.65. The van der Waals surface area contributed by atoms with Gasteiger partial charge in [-0.3, -0.25) is 4.79 Å². The van der Waals surface area contributed by atoms with Crippen LogP contribution in [0.4, 0.5) is 5.82 Å². The molecular weight excluding hydrogens is 368 g/mol. The first kappa shape index (κ1) is 19.2. The second kappa shape index (κ2) is 9.41. The van der Waals surface area contributed by atoms with E-state index in [0.29, 0.717) is 6.04 Å². The van der Waals surface area contributed by atoms with Gasteiger partial charge in [-0.1, -0.05) is 49.2 Å². The van der Waals surface area contributed by atoms with Crippen molar-refractivity contribution in [3.63, 3.8) is 0 Å². The molecule has 148 valence electrons. The summed E-state index contributed by atoms with van der Waals surface area (Å²) in [6, 6.07) is 10.6. The lowest BCUT2D eigenvalue weighted by atomic mass is 9.93. The zero-order valence-electron chi connectivity index (χ0n) is 16.2. The van der Waals surface area contributed by atoms with Crippen LogP contribution < -0.4 is 10.2 Å². The fraction of sp³-hybridized carbons (Fsp3) is 0.500. The number of anilines is 1. The molecule has 0 radical (unpaired) electrons. The smallest absolute Gasteiger partial charge is 0.225 e. The number of carbonyl (C=O) groups is 1. The van der Waals surface area contributed by atoms with Gasteiger partial charge in [0, 0.05) is 36.4 Å². The van der Waals surface area contributed by atoms with Crippen molar-refractivity contribution in [2.24, 2.45) is 5.92 Å². The number of carbonyl (C=O) groups excluding carboxylic acids is 1. The summed E-state index contributed by atoms with van der Waals surface area (Å²) in [5.74, 6) is 1.15. The van der Waals surface area contributed by atoms with Crippen molar-refractivity contribution in [2.75, 3.05) is 18.0 Å². The van der Waals surface area contributed by atoms with Crippen molar-refractivity contribution >= 4 is 23.5 Å². The maximum atomic E-state index is 12.8. The molecule has 1 aromatic carbocycles. The van der Waals surface area contributed by atoms with Crippen LogP contribution in [0.25, 0.3) is 0 Å². The summed E-state index contributed by atoms with van der Waals surface area (Å²) >= 11 is 1.63. The van der Waals surface area contributed by atoms with Gasteiger partial charge in [0.15, 0.2) is 5.82 Å². The predicted molar refractivity (Wildman–Crippen MR) is 113 cm³/mol. The van der Waals surface area contributed by atoms with E-state index in [0.717, 1.165) is 54.5 Å². The molecule has 2 heterocycles. The Morgan fingerprint density at radius 3 is 2.61 bits per heavy atom. The summed E-state index contributed by atoms with van der Waals surface area (Å²) in [7, 11) is 0. The van der Waals surface area contributed by atoms with Crippen molar-refractivity contribution in [1.82, 2.24) is 15.3 Å². The van der Waals surface area contributed by atoms with E-state index in [2.05, 4.69) is 32.3 Å². The Balaban J connectivity index is 1.43. The Morgan fingerprint density at radius 2 is 1.79 bits per heavy atom. The molecule has 6 heteroatoms. The minimum absolute atomic E-state index is 0.0345. The third-order valence-corrected chi connectivity index (χ3v) is 6.64. The summed E-state index contributed by atoms with van der Waals surface area (Å²) in [4.78, 5) is 25.4. The van der Waals surface area contributed by atoms with Crippen LogP contribution in [0.1, 0.15) is 44.9 Å². The van der Waals surface area contributed by atoms with Crippen LogP contribution in [0.2, 0.25) is 0 Å². The van der Waals surface area contributed by atoms with Crippen molar-refractivity contribution in [2.45, 2.75) is 60.9 Å². The Bertz CT molecular complexity index is 779. The van der Waals surface area contributed by atoms with Gasteiger partial charge in [-0.2, -0.15) is 0 Å². The van der Waals surface area contributed by atoms with Crippen LogP contribution in [-0.4, -0.2) is 35.0 Å². The Hall–Kier alpha value is -2.08. The third kappa shape index (κ3) is 4.85. The molecule has 1 amide bonds. The summed E-state index contributed by atoms with van der Waals surface area (Å²) in [5, 5.41) is 4.21. The summed E-state index contributed by atoms with van der Waals surface area (Å²) in [6.07, 6.45) is 11.5. The normalized spacial score (nSPS) is 20.7. The van der Waals surface area contributed by atoms with Crippen molar-refractivity contribution in [3.05, 3.63) is 42.7 Å². The van der Waals surface area contributed by atoms with Crippen LogP contribution in [-0.2, 0) is 4.79 Å². The maximum Gasteiger partial charge on any atom is 0.225 e. The van der Waals surface area contributed by atoms with Gasteiger partial charge in [0.05, 0.1) is 5.92 Å². The van der Waals surface area contributed by atoms with E-state index in [4.69, 9.17) is 0 Å². The molecule has 1 N–H and O–H groups in total. The molecule has 1 saturated heterocycles. The highest BCUT2D eigenvalue weighted by Crippen LogP contribution is 2.34. The zero-order chi connectivity index (χ0) is 19.2. The lowest BCUT2D eigenvalue weighted by Gasteiger charge is -2.34. The molecule has 0 spiro atoms. The highest BCUT2D eigenvalue weighted by Gasteiger charge is 2.29. The van der Waals surface area contributed by atoms with Gasteiger partial charge in [0.25, 0.3) is 0 Å². The highest BCUT2D eigenvalue weighted by molar-refractivity contribution is 7.99. The van der Waals surface area contributed by atoms with E-state index in [1.165, 1.54) is 19.3 Å². The minimum Gasteiger partial charge on any atom is -0.354 e. The van der Waals surface area contributed by atoms with Gasteiger partial charge in [-0.15, -0.1) is 0 Å². The number of amides is 1. The predicted octanol–water partition coefficient (Wildman–Crippen LogP) is 4.29. The van der Waals surface area contributed by atoms with Gasteiger partial charge in [-0.05, 0) is 37.8 Å². The fourth-order valence-corrected chi connectivity index (χ4v) is 5.06. The van der Waals surface area contributed by atoms with Crippen molar-refractivity contribution in [1.29, 1.82) is 0 Å². The van der Waals surface area contributed by atoms with Crippen LogP contribution in [0, 0.1) is 5.92 Å². The standard InChI is InChI=1S/C22H28N4OS/c27-21(25-18-9-3-1-4-10-18)17-8-7-15-26(16-17)20-22(24-14-13-23-20)28-19-11-5-2-6-12-19/h2,5-6,11-14,17-18H,1,3-4,7-10,15-16H2,(H,25,27)/t17-/m1/s1. The lowest BCUT2D eigenvalue weighted by Crippen LogP contribution is -2.46. The molecule has 2 aliphatic rings. The first-order valence-corrected chi connectivity index (χ1v) is 11.2. The monoisotopic (exact) mass is 396 g/mol. The molecule has 2 aromatic rings. The van der Waals surface area contributed by atoms with Crippen LogP contribution >= 0.6 is 11.8 Å². The Kier molecular flexibility index (Phi) is 6.47.